The van der Waals surface area contributed by atoms with Crippen LogP contribution in [-0.4, -0.2) is 6.04 Å². The van der Waals surface area contributed by atoms with Crippen molar-refractivity contribution in [2.24, 2.45) is 0 Å². The molecule has 0 saturated heterocycles. The van der Waals surface area contributed by atoms with Crippen molar-refractivity contribution >= 4 is 17.1 Å². The van der Waals surface area contributed by atoms with E-state index in [1.807, 2.05) is 12.1 Å². The van der Waals surface area contributed by atoms with Gasteiger partial charge in [0.2, 0.25) is 0 Å². The van der Waals surface area contributed by atoms with Crippen LogP contribution in [0.15, 0.2) is 48.5 Å². The Kier molecular flexibility index (Phi) is 2.71. The van der Waals surface area contributed by atoms with E-state index in [1.54, 1.807) is 0 Å². The molecule has 0 radical (unpaired) electrons. The normalized spacial score (nSPS) is 18.5. The van der Waals surface area contributed by atoms with Crippen LogP contribution in [0, 0.1) is 0 Å². The Morgan fingerprint density at radius 3 is 2.44 bits per heavy atom. The second-order valence-electron chi connectivity index (χ2n) is 4.95. The van der Waals surface area contributed by atoms with Gasteiger partial charge in [-0.05, 0) is 43.5 Å². The van der Waals surface area contributed by atoms with E-state index in [0.717, 1.165) is 17.8 Å². The fourth-order valence-electron chi connectivity index (χ4n) is 2.76. The maximum Gasteiger partial charge on any atom is 0.0647 e. The lowest BCUT2D eigenvalue weighted by atomic mass is 9.95. The molecule has 1 aliphatic heterocycles. The summed E-state index contributed by atoms with van der Waals surface area (Å²) in [5.74, 6) is 0. The molecule has 92 valence electrons. The topological polar surface area (TPSA) is 29.3 Å². The molecule has 2 heteroatoms. The van der Waals surface area contributed by atoms with Crippen LogP contribution in [0.4, 0.5) is 17.1 Å². The number of nitrogens with two attached hydrogens (primary N) is 1. The first-order valence-electron chi connectivity index (χ1n) is 6.49. The minimum atomic E-state index is 0.490. The third-order valence-corrected chi connectivity index (χ3v) is 3.72. The van der Waals surface area contributed by atoms with Gasteiger partial charge in [-0.15, -0.1) is 0 Å². The second kappa shape index (κ2) is 4.37. The molecule has 2 aromatic rings. The summed E-state index contributed by atoms with van der Waals surface area (Å²) in [6, 6.07) is 17.2. The van der Waals surface area contributed by atoms with E-state index < -0.39 is 0 Å². The van der Waals surface area contributed by atoms with Crippen LogP contribution in [-0.2, 0) is 6.42 Å². The molecule has 3 rings (SSSR count). The van der Waals surface area contributed by atoms with Crippen LogP contribution < -0.4 is 10.6 Å². The first-order valence-corrected chi connectivity index (χ1v) is 6.49. The van der Waals surface area contributed by atoms with Crippen LogP contribution in [0.1, 0.15) is 18.9 Å². The summed E-state index contributed by atoms with van der Waals surface area (Å²) in [5.41, 5.74) is 10.8. The maximum atomic E-state index is 6.13. The van der Waals surface area contributed by atoms with E-state index in [4.69, 9.17) is 5.73 Å². The lowest BCUT2D eigenvalue weighted by molar-refractivity contribution is 0.618. The van der Waals surface area contributed by atoms with Crippen molar-refractivity contribution in [2.45, 2.75) is 25.8 Å². The predicted octanol–water partition coefficient (Wildman–Crippen LogP) is 3.74. The summed E-state index contributed by atoms with van der Waals surface area (Å²) >= 11 is 0. The van der Waals surface area contributed by atoms with E-state index in [1.165, 1.54) is 17.7 Å². The molecule has 18 heavy (non-hydrogen) atoms. The zero-order valence-electron chi connectivity index (χ0n) is 10.6. The van der Waals surface area contributed by atoms with E-state index in [2.05, 4.69) is 48.2 Å². The van der Waals surface area contributed by atoms with Crippen molar-refractivity contribution in [1.29, 1.82) is 0 Å². The van der Waals surface area contributed by atoms with Crippen molar-refractivity contribution in [1.82, 2.24) is 0 Å². The molecule has 0 saturated carbocycles. The number of fused-ring (bicyclic) bond motifs is 1. The van der Waals surface area contributed by atoms with Crippen LogP contribution in [0.2, 0.25) is 0 Å². The Morgan fingerprint density at radius 2 is 1.67 bits per heavy atom. The molecule has 0 aliphatic carbocycles. The molecule has 1 heterocycles. The monoisotopic (exact) mass is 238 g/mol. The average molecular weight is 238 g/mol. The van der Waals surface area contributed by atoms with Gasteiger partial charge in [0.25, 0.3) is 0 Å². The van der Waals surface area contributed by atoms with Gasteiger partial charge in [-0.1, -0.05) is 30.3 Å². The quantitative estimate of drug-likeness (QED) is 0.767. The van der Waals surface area contributed by atoms with Gasteiger partial charge in [-0.2, -0.15) is 0 Å². The van der Waals surface area contributed by atoms with Gasteiger partial charge < -0.3 is 10.6 Å². The van der Waals surface area contributed by atoms with Crippen molar-refractivity contribution < 1.29 is 0 Å². The number of rotatable bonds is 1. The molecule has 0 spiro atoms. The standard InChI is InChI=1S/C16H18N2/c1-12-10-11-13-6-2-4-8-15(13)18(12)16-9-5-3-7-14(16)17/h2-9,12H,10-11,17H2,1H3. The van der Waals surface area contributed by atoms with Gasteiger partial charge in [0.15, 0.2) is 0 Å². The first-order chi connectivity index (χ1) is 8.77. The Balaban J connectivity index is 2.14. The van der Waals surface area contributed by atoms with E-state index in [0.29, 0.717) is 6.04 Å². The third kappa shape index (κ3) is 1.74. The molecule has 1 atom stereocenters. The number of anilines is 3. The highest BCUT2D eigenvalue weighted by Gasteiger charge is 2.24. The third-order valence-electron chi connectivity index (χ3n) is 3.72. The summed E-state index contributed by atoms with van der Waals surface area (Å²) in [7, 11) is 0. The van der Waals surface area contributed by atoms with Crippen LogP contribution in [0.3, 0.4) is 0 Å². The van der Waals surface area contributed by atoms with Gasteiger partial charge in [0.05, 0.1) is 11.4 Å². The smallest absolute Gasteiger partial charge is 0.0647 e. The molecule has 0 aromatic heterocycles. The SMILES string of the molecule is CC1CCc2ccccc2N1c1ccccc1N. The molecule has 0 fully saturated rings. The Labute approximate surface area is 108 Å². The number of hydrogen-bond donors (Lipinski definition) is 1. The molecule has 1 aliphatic rings. The minimum Gasteiger partial charge on any atom is -0.397 e. The summed E-state index contributed by atoms with van der Waals surface area (Å²) in [6.07, 6.45) is 2.33. The molecular weight excluding hydrogens is 220 g/mol. The van der Waals surface area contributed by atoms with Gasteiger partial charge in [0, 0.05) is 11.7 Å². The lowest BCUT2D eigenvalue weighted by Crippen LogP contribution is -2.33. The molecule has 1 unspecified atom stereocenters. The largest absolute Gasteiger partial charge is 0.397 e. The van der Waals surface area contributed by atoms with Crippen LogP contribution in [0.5, 0.6) is 0 Å². The molecule has 2 N–H and O–H groups in total. The Bertz CT molecular complexity index is 563. The van der Waals surface area contributed by atoms with E-state index in [9.17, 15) is 0 Å². The van der Waals surface area contributed by atoms with E-state index >= 15 is 0 Å². The number of nitrogens with zero attached hydrogens (tertiary/aromatic N) is 1. The summed E-state index contributed by atoms with van der Waals surface area (Å²) in [4.78, 5) is 2.37. The molecule has 2 nitrogen and oxygen atoms in total. The molecule has 0 amide bonds. The molecule has 0 bridgehead atoms. The zero-order valence-corrected chi connectivity index (χ0v) is 10.6. The summed E-state index contributed by atoms with van der Waals surface area (Å²) in [6.45, 7) is 2.27. The molecule has 2 aromatic carbocycles. The fourth-order valence-corrected chi connectivity index (χ4v) is 2.76. The summed E-state index contributed by atoms with van der Waals surface area (Å²) < 4.78 is 0. The number of para-hydroxylation sites is 3. The number of hydrogen-bond acceptors (Lipinski definition) is 2. The predicted molar refractivity (Wildman–Crippen MR) is 77.2 cm³/mol. The van der Waals surface area contributed by atoms with Crippen LogP contribution in [0.25, 0.3) is 0 Å². The fraction of sp³-hybridized carbons (Fsp3) is 0.250. The lowest BCUT2D eigenvalue weighted by Gasteiger charge is -2.37. The number of aryl methyl sites for hydroxylation is 1. The highest BCUT2D eigenvalue weighted by atomic mass is 15.2. The van der Waals surface area contributed by atoms with Gasteiger partial charge in [-0.3, -0.25) is 0 Å². The van der Waals surface area contributed by atoms with Gasteiger partial charge in [0.1, 0.15) is 0 Å². The highest BCUT2D eigenvalue weighted by molar-refractivity contribution is 5.77. The van der Waals surface area contributed by atoms with Crippen molar-refractivity contribution in [3.63, 3.8) is 0 Å². The highest BCUT2D eigenvalue weighted by Crippen LogP contribution is 2.38. The first kappa shape index (κ1) is 11.1. The second-order valence-corrected chi connectivity index (χ2v) is 4.95. The van der Waals surface area contributed by atoms with Gasteiger partial charge in [-0.25, -0.2) is 0 Å². The Hall–Kier alpha value is -1.96. The minimum absolute atomic E-state index is 0.490. The van der Waals surface area contributed by atoms with Crippen LogP contribution >= 0.6 is 0 Å². The maximum absolute atomic E-state index is 6.13. The number of benzene rings is 2. The van der Waals surface area contributed by atoms with Gasteiger partial charge >= 0.3 is 0 Å². The number of nitrogen functional groups attached to an aromatic ring is 1. The molecular formula is C16H18N2. The van der Waals surface area contributed by atoms with Crippen molar-refractivity contribution in [3.8, 4) is 0 Å². The summed E-state index contributed by atoms with van der Waals surface area (Å²) in [5, 5.41) is 0. The van der Waals surface area contributed by atoms with Crippen molar-refractivity contribution in [3.05, 3.63) is 54.1 Å². The zero-order chi connectivity index (χ0) is 12.5. The Morgan fingerprint density at radius 1 is 1.00 bits per heavy atom. The average Bonchev–Trinajstić information content (AvgIpc) is 2.40. The van der Waals surface area contributed by atoms with Crippen molar-refractivity contribution in [2.75, 3.05) is 10.6 Å². The van der Waals surface area contributed by atoms with E-state index in [-0.39, 0.29) is 0 Å².